The number of hydrogen-bond donors (Lipinski definition) is 4. The van der Waals surface area contributed by atoms with E-state index in [9.17, 15) is 23.1 Å². The summed E-state index contributed by atoms with van der Waals surface area (Å²) in [5.74, 6) is 0. The molecule has 11 heteroatoms. The molecule has 0 aliphatic carbocycles. The molecule has 2 rings (SSSR count). The minimum atomic E-state index is -5.02. The van der Waals surface area contributed by atoms with Crippen molar-refractivity contribution in [1.29, 1.82) is 0 Å². The van der Waals surface area contributed by atoms with Crippen LogP contribution in [0.25, 0.3) is 0 Å². The van der Waals surface area contributed by atoms with Crippen LogP contribution in [-0.4, -0.2) is 30.4 Å². The molecule has 0 saturated carbocycles. The third-order valence-electron chi connectivity index (χ3n) is 4.60. The predicted molar refractivity (Wildman–Crippen MR) is 117 cm³/mol. The molecule has 0 saturated heterocycles. The van der Waals surface area contributed by atoms with Gasteiger partial charge in [0.05, 0.1) is 21.6 Å². The van der Waals surface area contributed by atoms with E-state index in [0.29, 0.717) is 12.2 Å². The summed E-state index contributed by atoms with van der Waals surface area (Å²) in [7, 11) is 0. The van der Waals surface area contributed by atoms with Gasteiger partial charge in [0.1, 0.15) is 0 Å². The molecule has 0 spiro atoms. The van der Waals surface area contributed by atoms with Crippen molar-refractivity contribution in [3.63, 3.8) is 0 Å². The fourth-order valence-corrected chi connectivity index (χ4v) is 3.39. The number of urea groups is 1. The summed E-state index contributed by atoms with van der Waals surface area (Å²) in [6, 6.07) is 6.40. The Kier molecular flexibility index (Phi) is 8.33. The number of alkyl halides is 3. The molecule has 0 unspecified atom stereocenters. The van der Waals surface area contributed by atoms with E-state index in [4.69, 9.17) is 34.8 Å². The summed E-state index contributed by atoms with van der Waals surface area (Å²) >= 11 is 17.5. The molecule has 31 heavy (non-hydrogen) atoms. The molecule has 5 nitrogen and oxygen atoms in total. The van der Waals surface area contributed by atoms with Crippen molar-refractivity contribution in [2.45, 2.75) is 32.2 Å². The summed E-state index contributed by atoms with van der Waals surface area (Å²) in [5, 5.41) is 17.9. The summed E-state index contributed by atoms with van der Waals surface area (Å²) in [4.78, 5) is 11.5. The second-order valence-electron chi connectivity index (χ2n) is 6.82. The normalized spacial score (nSPS) is 13.5. The minimum absolute atomic E-state index is 0.1000. The molecule has 170 valence electrons. The number of hydrogen-bond acceptors (Lipinski definition) is 3. The number of nitrogens with one attached hydrogen (secondary N) is 3. The van der Waals surface area contributed by atoms with Gasteiger partial charge in [-0.25, -0.2) is 4.79 Å². The highest BCUT2D eigenvalue weighted by molar-refractivity contribution is 6.48. The molecular formula is C20H21Cl3F3N3O2. The number of carbonyl (C=O) groups excluding carboxylic acids is 1. The first kappa shape index (κ1) is 25.4. The average molecular weight is 499 g/mol. The van der Waals surface area contributed by atoms with Crippen LogP contribution in [0, 0.1) is 6.92 Å². The molecule has 4 N–H and O–H groups in total. The highest BCUT2D eigenvalue weighted by Crippen LogP contribution is 2.43. The third-order valence-corrected chi connectivity index (χ3v) is 5.79. The number of aliphatic hydroxyl groups is 1. The van der Waals surface area contributed by atoms with E-state index in [0.717, 1.165) is 23.3 Å². The smallest absolute Gasteiger partial charge is 0.381 e. The Morgan fingerprint density at radius 3 is 2.19 bits per heavy atom. The topological polar surface area (TPSA) is 73.4 Å². The summed E-state index contributed by atoms with van der Waals surface area (Å²) in [6.45, 7) is 3.40. The van der Waals surface area contributed by atoms with Gasteiger partial charge in [-0.05, 0) is 54.8 Å². The SMILES string of the molecule is CCNC(=O)NCc1ccc(NC[C@@](O)(c2cc(Cl)c(Cl)c(Cl)c2)C(F)(F)F)cc1C. The van der Waals surface area contributed by atoms with Crippen molar-refractivity contribution in [3.05, 3.63) is 62.1 Å². The van der Waals surface area contributed by atoms with Gasteiger partial charge in [0, 0.05) is 18.8 Å². The average Bonchev–Trinajstić information content (AvgIpc) is 2.68. The van der Waals surface area contributed by atoms with Crippen LogP contribution >= 0.6 is 34.8 Å². The van der Waals surface area contributed by atoms with Gasteiger partial charge in [0.25, 0.3) is 0 Å². The van der Waals surface area contributed by atoms with Crippen molar-refractivity contribution in [3.8, 4) is 0 Å². The van der Waals surface area contributed by atoms with Crippen LogP contribution in [0.5, 0.6) is 0 Å². The molecule has 0 aromatic heterocycles. The van der Waals surface area contributed by atoms with Crippen molar-refractivity contribution in [2.75, 3.05) is 18.4 Å². The van der Waals surface area contributed by atoms with Gasteiger partial charge in [-0.2, -0.15) is 13.2 Å². The zero-order valence-electron chi connectivity index (χ0n) is 16.6. The Morgan fingerprint density at radius 2 is 1.68 bits per heavy atom. The van der Waals surface area contributed by atoms with Gasteiger partial charge >= 0.3 is 12.2 Å². The van der Waals surface area contributed by atoms with Gasteiger partial charge in [-0.1, -0.05) is 40.9 Å². The first-order valence-corrected chi connectivity index (χ1v) is 10.3. The van der Waals surface area contributed by atoms with Gasteiger partial charge in [-0.3, -0.25) is 0 Å². The molecule has 0 heterocycles. The lowest BCUT2D eigenvalue weighted by Gasteiger charge is -2.32. The lowest BCUT2D eigenvalue weighted by Crippen LogP contribution is -2.47. The van der Waals surface area contributed by atoms with E-state index in [1.165, 1.54) is 0 Å². The molecule has 2 aromatic carbocycles. The number of aryl methyl sites for hydroxylation is 1. The maximum absolute atomic E-state index is 13.8. The fourth-order valence-electron chi connectivity index (χ4n) is 2.79. The van der Waals surface area contributed by atoms with E-state index >= 15 is 0 Å². The second kappa shape index (κ2) is 10.2. The minimum Gasteiger partial charge on any atom is -0.381 e. The zero-order valence-corrected chi connectivity index (χ0v) is 18.9. The van der Waals surface area contributed by atoms with E-state index in [2.05, 4.69) is 16.0 Å². The third kappa shape index (κ3) is 6.10. The van der Waals surface area contributed by atoms with Crippen LogP contribution in [0.3, 0.4) is 0 Å². The van der Waals surface area contributed by atoms with Crippen LogP contribution in [0.2, 0.25) is 15.1 Å². The van der Waals surface area contributed by atoms with Gasteiger partial charge < -0.3 is 21.1 Å². The molecule has 0 bridgehead atoms. The summed E-state index contributed by atoms with van der Waals surface area (Å²) in [5.41, 5.74) is -1.91. The summed E-state index contributed by atoms with van der Waals surface area (Å²) in [6.07, 6.45) is -5.02. The zero-order chi connectivity index (χ0) is 23.4. The van der Waals surface area contributed by atoms with Crippen molar-refractivity contribution in [2.24, 2.45) is 0 Å². The van der Waals surface area contributed by atoms with E-state index in [1.807, 2.05) is 0 Å². The molecule has 1 atom stereocenters. The van der Waals surface area contributed by atoms with Gasteiger partial charge in [-0.15, -0.1) is 0 Å². The monoisotopic (exact) mass is 497 g/mol. The summed E-state index contributed by atoms with van der Waals surface area (Å²) < 4.78 is 41.4. The maximum Gasteiger partial charge on any atom is 0.423 e. The standard InChI is InChI=1S/C20H21Cl3F3N3O2/c1-3-27-18(30)28-9-12-4-5-14(6-11(12)2)29-10-19(31,20(24,25)26)13-7-15(21)17(23)16(22)8-13/h4-8,29,31H,3,9-10H2,1-2H3,(H2,27,28,30)/t19-/m1/s1. The quantitative estimate of drug-likeness (QED) is 0.374. The van der Waals surface area contributed by atoms with Crippen LogP contribution in [0.4, 0.5) is 23.7 Å². The highest BCUT2D eigenvalue weighted by atomic mass is 35.5. The Balaban J connectivity index is 2.21. The highest BCUT2D eigenvalue weighted by Gasteiger charge is 2.55. The van der Waals surface area contributed by atoms with Gasteiger partial charge in [0.2, 0.25) is 5.60 Å². The van der Waals surface area contributed by atoms with Crippen LogP contribution < -0.4 is 16.0 Å². The molecule has 2 amide bonds. The van der Waals surface area contributed by atoms with Crippen LogP contribution in [-0.2, 0) is 12.1 Å². The number of carbonyl (C=O) groups is 1. The van der Waals surface area contributed by atoms with E-state index < -0.39 is 23.9 Å². The maximum atomic E-state index is 13.8. The molecule has 0 aliphatic heterocycles. The van der Waals surface area contributed by atoms with Crippen molar-refractivity contribution < 1.29 is 23.1 Å². The largest absolute Gasteiger partial charge is 0.423 e. The van der Waals surface area contributed by atoms with Gasteiger partial charge in [0.15, 0.2) is 0 Å². The number of amides is 2. The van der Waals surface area contributed by atoms with Crippen molar-refractivity contribution >= 4 is 46.5 Å². The van der Waals surface area contributed by atoms with E-state index in [-0.39, 0.29) is 27.6 Å². The number of halogens is 6. The molecule has 0 radical (unpaired) electrons. The molecule has 0 fully saturated rings. The first-order chi connectivity index (χ1) is 14.4. The van der Waals surface area contributed by atoms with E-state index in [1.54, 1.807) is 32.0 Å². The lowest BCUT2D eigenvalue weighted by molar-refractivity contribution is -0.260. The number of anilines is 1. The second-order valence-corrected chi connectivity index (χ2v) is 8.01. The van der Waals surface area contributed by atoms with Crippen LogP contribution in [0.15, 0.2) is 30.3 Å². The Bertz CT molecular complexity index is 934. The number of rotatable bonds is 7. The van der Waals surface area contributed by atoms with Crippen LogP contribution in [0.1, 0.15) is 23.6 Å². The fraction of sp³-hybridized carbons (Fsp3) is 0.350. The Morgan fingerprint density at radius 1 is 1.06 bits per heavy atom. The number of benzene rings is 2. The molecule has 0 aliphatic rings. The Hall–Kier alpha value is -1.87. The molecular weight excluding hydrogens is 478 g/mol. The van der Waals surface area contributed by atoms with Crippen molar-refractivity contribution in [1.82, 2.24) is 10.6 Å². The predicted octanol–water partition coefficient (Wildman–Crippen LogP) is 5.64. The lowest BCUT2D eigenvalue weighted by atomic mass is 9.92. The Labute approximate surface area is 192 Å². The molecule has 2 aromatic rings. The first-order valence-electron chi connectivity index (χ1n) is 9.18.